The Kier molecular flexibility index (Phi) is 5.09. The van der Waals surface area contributed by atoms with Crippen molar-refractivity contribution in [2.24, 2.45) is 0 Å². The van der Waals surface area contributed by atoms with E-state index in [0.717, 1.165) is 29.7 Å². The third kappa shape index (κ3) is 3.62. The summed E-state index contributed by atoms with van der Waals surface area (Å²) in [6, 6.07) is 12.4. The fourth-order valence-corrected chi connectivity index (χ4v) is 4.22. The van der Waals surface area contributed by atoms with E-state index in [2.05, 4.69) is 5.32 Å². The first kappa shape index (κ1) is 19.2. The van der Waals surface area contributed by atoms with Crippen LogP contribution in [-0.2, 0) is 9.59 Å². The van der Waals surface area contributed by atoms with Crippen LogP contribution >= 0.6 is 0 Å². The smallest absolute Gasteiger partial charge is 0.256 e. The van der Waals surface area contributed by atoms with Gasteiger partial charge < -0.3 is 15.1 Å². The minimum Gasteiger partial charge on any atom is -0.327 e. The summed E-state index contributed by atoms with van der Waals surface area (Å²) in [6.45, 7) is 4.39. The van der Waals surface area contributed by atoms with Crippen molar-refractivity contribution in [3.05, 3.63) is 59.2 Å². The summed E-state index contributed by atoms with van der Waals surface area (Å²) in [6.07, 6.45) is 2.43. The van der Waals surface area contributed by atoms with Gasteiger partial charge in [0, 0.05) is 12.2 Å². The molecule has 2 aromatic rings. The molecule has 1 N–H and O–H groups in total. The van der Waals surface area contributed by atoms with Crippen LogP contribution in [0.3, 0.4) is 0 Å². The topological polar surface area (TPSA) is 69.7 Å². The molecule has 0 aromatic heterocycles. The lowest BCUT2D eigenvalue weighted by molar-refractivity contribution is -0.125. The lowest BCUT2D eigenvalue weighted by atomic mass is 10.0. The van der Waals surface area contributed by atoms with Crippen LogP contribution in [0, 0.1) is 13.8 Å². The van der Waals surface area contributed by atoms with Crippen molar-refractivity contribution in [2.45, 2.75) is 39.2 Å². The first-order valence-corrected chi connectivity index (χ1v) is 10.0. The van der Waals surface area contributed by atoms with E-state index >= 15 is 0 Å². The Morgan fingerprint density at radius 3 is 2.69 bits per heavy atom. The minimum absolute atomic E-state index is 0.124. The summed E-state index contributed by atoms with van der Waals surface area (Å²) in [7, 11) is 0. The maximum Gasteiger partial charge on any atom is 0.256 e. The van der Waals surface area contributed by atoms with Gasteiger partial charge in [0.2, 0.25) is 11.8 Å². The van der Waals surface area contributed by atoms with Crippen LogP contribution in [0.4, 0.5) is 11.4 Å². The molecule has 6 nitrogen and oxygen atoms in total. The van der Waals surface area contributed by atoms with Crippen LogP contribution in [0.25, 0.3) is 0 Å². The number of amides is 3. The summed E-state index contributed by atoms with van der Waals surface area (Å²) in [5.74, 6) is -0.591. The largest absolute Gasteiger partial charge is 0.327 e. The molecule has 1 unspecified atom stereocenters. The second kappa shape index (κ2) is 7.70. The lowest BCUT2D eigenvalue weighted by Gasteiger charge is -2.34. The summed E-state index contributed by atoms with van der Waals surface area (Å²) in [5, 5.41) is 2.91. The van der Waals surface area contributed by atoms with E-state index in [4.69, 9.17) is 0 Å². The van der Waals surface area contributed by atoms with Crippen LogP contribution in [0.1, 0.15) is 40.7 Å². The first-order chi connectivity index (χ1) is 14.0. The molecule has 29 heavy (non-hydrogen) atoms. The number of piperidine rings is 1. The minimum atomic E-state index is -0.502. The molecule has 0 spiro atoms. The molecule has 2 heterocycles. The number of nitrogens with one attached hydrogen (secondary N) is 1. The summed E-state index contributed by atoms with van der Waals surface area (Å²) in [5.41, 5.74) is 3.80. The van der Waals surface area contributed by atoms with Crippen molar-refractivity contribution < 1.29 is 14.4 Å². The Balaban J connectivity index is 1.64. The van der Waals surface area contributed by atoms with Gasteiger partial charge in [-0.25, -0.2) is 0 Å². The molecule has 0 radical (unpaired) electrons. The second-order valence-corrected chi connectivity index (χ2v) is 7.82. The Bertz CT molecular complexity index is 985. The second-order valence-electron chi connectivity index (χ2n) is 7.82. The van der Waals surface area contributed by atoms with E-state index in [1.807, 2.05) is 32.0 Å². The molecule has 6 heteroatoms. The number of carbonyl (C=O) groups is 3. The van der Waals surface area contributed by atoms with Crippen molar-refractivity contribution in [3.8, 4) is 0 Å². The SMILES string of the molecule is Cc1ccc(NC(=O)CN2C(=O)C3CCCCN3C(=O)c3ccccc32)c(C)c1. The molecule has 0 aliphatic carbocycles. The fourth-order valence-electron chi connectivity index (χ4n) is 4.22. The number of anilines is 2. The average Bonchev–Trinajstić information content (AvgIpc) is 2.80. The predicted molar refractivity (Wildman–Crippen MR) is 112 cm³/mol. The number of benzene rings is 2. The van der Waals surface area contributed by atoms with E-state index in [1.54, 1.807) is 29.2 Å². The molecule has 4 rings (SSSR count). The number of fused-ring (bicyclic) bond motifs is 2. The molecule has 0 saturated carbocycles. The number of nitrogens with zero attached hydrogens (tertiary/aromatic N) is 2. The normalized spacial score (nSPS) is 18.8. The van der Waals surface area contributed by atoms with E-state index in [9.17, 15) is 14.4 Å². The molecule has 2 aliphatic rings. The number of rotatable bonds is 3. The molecule has 2 aromatic carbocycles. The number of aryl methyl sites for hydroxylation is 2. The Morgan fingerprint density at radius 2 is 1.90 bits per heavy atom. The summed E-state index contributed by atoms with van der Waals surface area (Å²) < 4.78 is 0. The summed E-state index contributed by atoms with van der Waals surface area (Å²) >= 11 is 0. The number of hydrogen-bond donors (Lipinski definition) is 1. The Labute approximate surface area is 170 Å². The van der Waals surface area contributed by atoms with Gasteiger partial charge in [-0.15, -0.1) is 0 Å². The summed E-state index contributed by atoms with van der Waals surface area (Å²) in [4.78, 5) is 42.4. The highest BCUT2D eigenvalue weighted by molar-refractivity contribution is 6.13. The number of para-hydroxylation sites is 1. The molecule has 2 aliphatic heterocycles. The van der Waals surface area contributed by atoms with Gasteiger partial charge in [0.15, 0.2) is 0 Å². The van der Waals surface area contributed by atoms with Gasteiger partial charge in [0.05, 0.1) is 11.3 Å². The zero-order chi connectivity index (χ0) is 20.5. The molecular weight excluding hydrogens is 366 g/mol. The average molecular weight is 391 g/mol. The van der Waals surface area contributed by atoms with Gasteiger partial charge in [0.1, 0.15) is 12.6 Å². The zero-order valence-corrected chi connectivity index (χ0v) is 16.8. The van der Waals surface area contributed by atoms with Gasteiger partial charge in [-0.05, 0) is 56.9 Å². The monoisotopic (exact) mass is 391 g/mol. The highest BCUT2D eigenvalue weighted by atomic mass is 16.2. The molecule has 1 saturated heterocycles. The van der Waals surface area contributed by atoms with Crippen LogP contribution in [0.2, 0.25) is 0 Å². The molecule has 150 valence electrons. The van der Waals surface area contributed by atoms with Crippen LogP contribution in [-0.4, -0.2) is 41.8 Å². The van der Waals surface area contributed by atoms with Gasteiger partial charge in [0.25, 0.3) is 5.91 Å². The fraction of sp³-hybridized carbons (Fsp3) is 0.348. The van der Waals surface area contributed by atoms with E-state index in [0.29, 0.717) is 24.2 Å². The van der Waals surface area contributed by atoms with Gasteiger partial charge in [-0.2, -0.15) is 0 Å². The Hall–Kier alpha value is -3.15. The van der Waals surface area contributed by atoms with Crippen molar-refractivity contribution in [2.75, 3.05) is 23.3 Å². The highest BCUT2D eigenvalue weighted by Gasteiger charge is 2.40. The van der Waals surface area contributed by atoms with Crippen molar-refractivity contribution in [1.29, 1.82) is 0 Å². The molecule has 3 amide bonds. The van der Waals surface area contributed by atoms with Crippen LogP contribution < -0.4 is 10.2 Å². The molecule has 1 atom stereocenters. The van der Waals surface area contributed by atoms with E-state index in [1.165, 1.54) is 4.90 Å². The predicted octanol–water partition coefficient (Wildman–Crippen LogP) is 3.28. The maximum atomic E-state index is 13.3. The lowest BCUT2D eigenvalue weighted by Crippen LogP contribution is -2.52. The first-order valence-electron chi connectivity index (χ1n) is 10.0. The maximum absolute atomic E-state index is 13.3. The van der Waals surface area contributed by atoms with E-state index in [-0.39, 0.29) is 24.3 Å². The Morgan fingerprint density at radius 1 is 1.10 bits per heavy atom. The van der Waals surface area contributed by atoms with Crippen molar-refractivity contribution in [3.63, 3.8) is 0 Å². The van der Waals surface area contributed by atoms with Crippen LogP contribution in [0.5, 0.6) is 0 Å². The van der Waals surface area contributed by atoms with Gasteiger partial charge in [-0.1, -0.05) is 29.8 Å². The molecule has 1 fully saturated rings. The quantitative estimate of drug-likeness (QED) is 0.873. The van der Waals surface area contributed by atoms with Crippen LogP contribution in [0.15, 0.2) is 42.5 Å². The van der Waals surface area contributed by atoms with Gasteiger partial charge in [-0.3, -0.25) is 14.4 Å². The third-order valence-electron chi connectivity index (χ3n) is 5.70. The standard InChI is InChI=1S/C23H25N3O3/c1-15-10-11-18(16(2)13-15)24-21(27)14-26-19-8-4-3-7-17(19)22(28)25-12-6-5-9-20(25)23(26)29/h3-4,7-8,10-11,13,20H,5-6,9,12,14H2,1-2H3,(H,24,27). The molecule has 0 bridgehead atoms. The third-order valence-corrected chi connectivity index (χ3v) is 5.70. The highest BCUT2D eigenvalue weighted by Crippen LogP contribution is 2.31. The molecular formula is C23H25N3O3. The number of carbonyl (C=O) groups excluding carboxylic acids is 3. The van der Waals surface area contributed by atoms with Crippen molar-refractivity contribution in [1.82, 2.24) is 4.90 Å². The van der Waals surface area contributed by atoms with Gasteiger partial charge >= 0.3 is 0 Å². The van der Waals surface area contributed by atoms with Crippen molar-refractivity contribution >= 4 is 29.1 Å². The number of hydrogen-bond acceptors (Lipinski definition) is 3. The zero-order valence-electron chi connectivity index (χ0n) is 16.8. The van der Waals surface area contributed by atoms with E-state index < -0.39 is 6.04 Å².